The molecule has 6 nitrogen and oxygen atoms in total. The van der Waals surface area contributed by atoms with E-state index in [9.17, 15) is 8.42 Å². The molecule has 7 heteroatoms. The molecular weight excluding hydrogens is 292 g/mol. The van der Waals surface area contributed by atoms with Gasteiger partial charge in [-0.05, 0) is 30.5 Å². The summed E-state index contributed by atoms with van der Waals surface area (Å²) in [5.74, 6) is 0. The third-order valence-electron chi connectivity index (χ3n) is 4.07. The SMILES string of the molecule is CS(=O)(=O)N1C[C@@H](OCc2ccncc2)[C@H]2OCCC[C@H]21. The predicted molar refractivity (Wildman–Crippen MR) is 77.1 cm³/mol. The summed E-state index contributed by atoms with van der Waals surface area (Å²) in [5.41, 5.74) is 1.02. The molecule has 0 spiro atoms. The van der Waals surface area contributed by atoms with Gasteiger partial charge in [0.15, 0.2) is 0 Å². The standard InChI is InChI=1S/C14H20N2O4S/c1-21(17,18)16-9-13(14-12(16)3-2-8-19-14)20-10-11-4-6-15-7-5-11/h4-7,12-14H,2-3,8-10H2,1H3/t12-,13-,14+/m1/s1. The van der Waals surface area contributed by atoms with Crippen molar-refractivity contribution >= 4 is 10.0 Å². The van der Waals surface area contributed by atoms with E-state index >= 15 is 0 Å². The van der Waals surface area contributed by atoms with E-state index in [2.05, 4.69) is 4.98 Å². The summed E-state index contributed by atoms with van der Waals surface area (Å²) in [4.78, 5) is 3.97. The highest BCUT2D eigenvalue weighted by Crippen LogP contribution is 2.32. The summed E-state index contributed by atoms with van der Waals surface area (Å²) in [7, 11) is -3.23. The molecule has 0 amide bonds. The highest BCUT2D eigenvalue weighted by Gasteiger charge is 2.48. The topological polar surface area (TPSA) is 68.7 Å². The number of ether oxygens (including phenoxy) is 2. The lowest BCUT2D eigenvalue weighted by molar-refractivity contribution is -0.0801. The van der Waals surface area contributed by atoms with Gasteiger partial charge in [-0.1, -0.05) is 0 Å². The zero-order valence-corrected chi connectivity index (χ0v) is 12.8. The molecule has 0 saturated carbocycles. The van der Waals surface area contributed by atoms with Gasteiger partial charge in [0.1, 0.15) is 6.10 Å². The van der Waals surface area contributed by atoms with Gasteiger partial charge < -0.3 is 9.47 Å². The normalized spacial score (nSPS) is 30.2. The Labute approximate surface area is 125 Å². The minimum atomic E-state index is -3.23. The van der Waals surface area contributed by atoms with Crippen LogP contribution in [0.5, 0.6) is 0 Å². The van der Waals surface area contributed by atoms with Crippen molar-refractivity contribution in [3.8, 4) is 0 Å². The molecule has 3 atom stereocenters. The van der Waals surface area contributed by atoms with Crippen LogP contribution in [0.15, 0.2) is 24.5 Å². The van der Waals surface area contributed by atoms with Crippen LogP contribution in [0.4, 0.5) is 0 Å². The number of hydrogen-bond acceptors (Lipinski definition) is 5. The van der Waals surface area contributed by atoms with Crippen molar-refractivity contribution in [3.63, 3.8) is 0 Å². The fraction of sp³-hybridized carbons (Fsp3) is 0.643. The molecule has 2 aliphatic heterocycles. The largest absolute Gasteiger partial charge is 0.374 e. The van der Waals surface area contributed by atoms with E-state index in [1.807, 2.05) is 12.1 Å². The number of aromatic nitrogens is 1. The molecule has 3 rings (SSSR count). The van der Waals surface area contributed by atoms with Crippen LogP contribution in [0.25, 0.3) is 0 Å². The van der Waals surface area contributed by atoms with Gasteiger partial charge in [0, 0.05) is 25.5 Å². The Balaban J connectivity index is 1.70. The van der Waals surface area contributed by atoms with Crippen molar-refractivity contribution in [2.75, 3.05) is 19.4 Å². The zero-order chi connectivity index (χ0) is 14.9. The molecule has 0 bridgehead atoms. The zero-order valence-electron chi connectivity index (χ0n) is 12.0. The van der Waals surface area contributed by atoms with Crippen molar-refractivity contribution in [1.29, 1.82) is 0 Å². The molecule has 2 fully saturated rings. The average Bonchev–Trinajstić information content (AvgIpc) is 2.85. The van der Waals surface area contributed by atoms with Gasteiger partial charge in [0.25, 0.3) is 0 Å². The van der Waals surface area contributed by atoms with Crippen LogP contribution >= 0.6 is 0 Å². The lowest BCUT2D eigenvalue weighted by atomic mass is 10.0. The summed E-state index contributed by atoms with van der Waals surface area (Å²) >= 11 is 0. The van der Waals surface area contributed by atoms with E-state index in [0.29, 0.717) is 19.8 Å². The van der Waals surface area contributed by atoms with Gasteiger partial charge in [-0.25, -0.2) is 8.42 Å². The minimum Gasteiger partial charge on any atom is -0.374 e. The summed E-state index contributed by atoms with van der Waals surface area (Å²) < 4.78 is 37.1. The van der Waals surface area contributed by atoms with Crippen LogP contribution < -0.4 is 0 Å². The van der Waals surface area contributed by atoms with Gasteiger partial charge in [-0.3, -0.25) is 4.98 Å². The fourth-order valence-corrected chi connectivity index (χ4v) is 4.21. The molecule has 1 aromatic rings. The molecule has 0 aliphatic carbocycles. The predicted octanol–water partition coefficient (Wildman–Crippen LogP) is 0.790. The molecule has 116 valence electrons. The highest BCUT2D eigenvalue weighted by atomic mass is 32.2. The monoisotopic (exact) mass is 312 g/mol. The van der Waals surface area contributed by atoms with Crippen LogP contribution in [0, 0.1) is 0 Å². The lowest BCUT2D eigenvalue weighted by Crippen LogP contribution is -2.43. The summed E-state index contributed by atoms with van der Waals surface area (Å²) in [6.07, 6.45) is 6.06. The van der Waals surface area contributed by atoms with Gasteiger partial charge >= 0.3 is 0 Å². The van der Waals surface area contributed by atoms with Gasteiger partial charge in [-0.15, -0.1) is 0 Å². The maximum Gasteiger partial charge on any atom is 0.211 e. The van der Waals surface area contributed by atoms with E-state index < -0.39 is 10.0 Å². The Kier molecular flexibility index (Phi) is 4.26. The van der Waals surface area contributed by atoms with E-state index in [0.717, 1.165) is 18.4 Å². The summed E-state index contributed by atoms with van der Waals surface area (Å²) in [6.45, 7) is 1.49. The fourth-order valence-electron chi connectivity index (χ4n) is 3.08. The molecule has 3 heterocycles. The van der Waals surface area contributed by atoms with Crippen LogP contribution in [0.2, 0.25) is 0 Å². The van der Waals surface area contributed by atoms with Crippen molar-refractivity contribution in [1.82, 2.24) is 9.29 Å². The average molecular weight is 312 g/mol. The molecule has 0 unspecified atom stereocenters. The van der Waals surface area contributed by atoms with Gasteiger partial charge in [-0.2, -0.15) is 4.31 Å². The quantitative estimate of drug-likeness (QED) is 0.822. The van der Waals surface area contributed by atoms with Crippen molar-refractivity contribution in [3.05, 3.63) is 30.1 Å². The number of sulfonamides is 1. The third kappa shape index (κ3) is 3.26. The maximum absolute atomic E-state index is 11.9. The molecule has 2 aliphatic rings. The third-order valence-corrected chi connectivity index (χ3v) is 5.34. The summed E-state index contributed by atoms with van der Waals surface area (Å²) in [5, 5.41) is 0. The first-order valence-electron chi connectivity index (χ1n) is 7.14. The smallest absolute Gasteiger partial charge is 0.211 e. The van der Waals surface area contributed by atoms with E-state index in [1.165, 1.54) is 10.6 Å². The van der Waals surface area contributed by atoms with E-state index in [1.54, 1.807) is 12.4 Å². The number of hydrogen-bond donors (Lipinski definition) is 0. The number of fused-ring (bicyclic) bond motifs is 1. The van der Waals surface area contributed by atoms with Crippen LogP contribution in [-0.4, -0.2) is 55.4 Å². The van der Waals surface area contributed by atoms with Gasteiger partial charge in [0.2, 0.25) is 10.0 Å². The maximum atomic E-state index is 11.9. The Hall–Kier alpha value is -1.02. The second-order valence-corrected chi connectivity index (χ2v) is 7.52. The molecule has 2 saturated heterocycles. The van der Waals surface area contributed by atoms with Crippen LogP contribution in [0.1, 0.15) is 18.4 Å². The van der Waals surface area contributed by atoms with Crippen LogP contribution in [0.3, 0.4) is 0 Å². The minimum absolute atomic E-state index is 0.0869. The Morgan fingerprint density at radius 1 is 1.43 bits per heavy atom. The van der Waals surface area contributed by atoms with Crippen molar-refractivity contribution in [2.24, 2.45) is 0 Å². The first kappa shape index (κ1) is 14.9. The Morgan fingerprint density at radius 2 is 2.19 bits per heavy atom. The molecule has 0 aromatic carbocycles. The Morgan fingerprint density at radius 3 is 2.90 bits per heavy atom. The second kappa shape index (κ2) is 6.00. The van der Waals surface area contributed by atoms with Gasteiger partial charge in [0.05, 0.1) is 25.0 Å². The van der Waals surface area contributed by atoms with Crippen molar-refractivity contribution in [2.45, 2.75) is 37.7 Å². The highest BCUT2D eigenvalue weighted by molar-refractivity contribution is 7.88. The van der Waals surface area contributed by atoms with E-state index in [4.69, 9.17) is 9.47 Å². The number of pyridine rings is 1. The lowest BCUT2D eigenvalue weighted by Gasteiger charge is -2.31. The molecular formula is C14H20N2O4S. The van der Waals surface area contributed by atoms with E-state index in [-0.39, 0.29) is 18.2 Å². The second-order valence-electron chi connectivity index (χ2n) is 5.58. The molecule has 21 heavy (non-hydrogen) atoms. The Bertz CT molecular complexity index is 578. The first-order chi connectivity index (χ1) is 10.1. The van der Waals surface area contributed by atoms with Crippen molar-refractivity contribution < 1.29 is 17.9 Å². The molecule has 1 aromatic heterocycles. The number of nitrogens with zero attached hydrogens (tertiary/aromatic N) is 2. The first-order valence-corrected chi connectivity index (χ1v) is 8.99. The molecule has 0 radical (unpaired) electrons. The number of rotatable bonds is 4. The summed E-state index contributed by atoms with van der Waals surface area (Å²) in [6, 6.07) is 3.70. The van der Waals surface area contributed by atoms with Crippen LogP contribution in [-0.2, 0) is 26.1 Å². The molecule has 0 N–H and O–H groups in total.